The zero-order valence-corrected chi connectivity index (χ0v) is 25.5. The second-order valence-corrected chi connectivity index (χ2v) is 11.7. The number of methoxy groups -OCH3 is 1. The SMILES string of the molecule is COc1c(C(=O)N2Cc3ccc(C(=O)NCCN4CCCCC4)n3Cc3ccccc32)cc(Cl)c(-c2ccccc2)c1C. The monoisotopic (exact) mass is 596 g/mol. The van der Waals surface area contributed by atoms with Gasteiger partial charge in [0.25, 0.3) is 11.8 Å². The molecule has 3 aromatic carbocycles. The Morgan fingerprint density at radius 3 is 2.44 bits per heavy atom. The molecule has 1 saturated heterocycles. The van der Waals surface area contributed by atoms with Crippen molar-refractivity contribution in [1.29, 1.82) is 0 Å². The van der Waals surface area contributed by atoms with Gasteiger partial charge in [-0.15, -0.1) is 0 Å². The molecule has 43 heavy (non-hydrogen) atoms. The largest absolute Gasteiger partial charge is 0.496 e. The molecule has 222 valence electrons. The van der Waals surface area contributed by atoms with Crippen LogP contribution in [-0.4, -0.2) is 54.6 Å². The summed E-state index contributed by atoms with van der Waals surface area (Å²) in [6.07, 6.45) is 3.74. The fourth-order valence-electron chi connectivity index (χ4n) is 6.43. The molecular formula is C35H37ClN4O3. The Balaban J connectivity index is 1.31. The first kappa shape index (κ1) is 29.0. The summed E-state index contributed by atoms with van der Waals surface area (Å²) in [6.45, 7) is 6.39. The number of hydrogen-bond acceptors (Lipinski definition) is 4. The van der Waals surface area contributed by atoms with Crippen molar-refractivity contribution < 1.29 is 14.3 Å². The van der Waals surface area contributed by atoms with Gasteiger partial charge in [-0.05, 0) is 68.2 Å². The second-order valence-electron chi connectivity index (χ2n) is 11.3. The van der Waals surface area contributed by atoms with Crippen molar-refractivity contribution in [2.45, 2.75) is 39.3 Å². The van der Waals surface area contributed by atoms with Gasteiger partial charge in [0.05, 0.1) is 25.8 Å². The van der Waals surface area contributed by atoms with E-state index in [0.29, 0.717) is 41.7 Å². The molecule has 1 fully saturated rings. The van der Waals surface area contributed by atoms with Gasteiger partial charge in [0.1, 0.15) is 11.4 Å². The van der Waals surface area contributed by atoms with Gasteiger partial charge in [-0.2, -0.15) is 0 Å². The summed E-state index contributed by atoms with van der Waals surface area (Å²) in [5.41, 5.74) is 6.25. The Kier molecular flexibility index (Phi) is 8.54. The summed E-state index contributed by atoms with van der Waals surface area (Å²) in [5.74, 6) is 0.191. The van der Waals surface area contributed by atoms with Crippen molar-refractivity contribution in [1.82, 2.24) is 14.8 Å². The van der Waals surface area contributed by atoms with E-state index in [0.717, 1.165) is 53.3 Å². The van der Waals surface area contributed by atoms with Gasteiger partial charge in [-0.1, -0.05) is 66.6 Å². The molecule has 2 aliphatic heterocycles. The van der Waals surface area contributed by atoms with Gasteiger partial charge in [0, 0.05) is 40.6 Å². The number of piperidine rings is 1. The van der Waals surface area contributed by atoms with Gasteiger partial charge in [-0.25, -0.2) is 0 Å². The van der Waals surface area contributed by atoms with E-state index in [4.69, 9.17) is 16.3 Å². The van der Waals surface area contributed by atoms with E-state index in [-0.39, 0.29) is 11.8 Å². The number of carbonyl (C=O) groups excluding carboxylic acids is 2. The standard InChI is InChI=1S/C35H37ClN4O3/c1-24-32(25-11-5-3-6-12-25)29(36)21-28(33(24)43-2)35(42)40-23-27-15-16-31(39(27)22-26-13-7-8-14-30(26)40)34(41)37-17-20-38-18-9-4-10-19-38/h3,5-8,11-16,21H,4,9-10,17-20,22-23H2,1-2H3,(H,37,41). The number of anilines is 1. The lowest BCUT2D eigenvalue weighted by Crippen LogP contribution is -2.38. The van der Waals surface area contributed by atoms with E-state index in [9.17, 15) is 9.59 Å². The predicted octanol–water partition coefficient (Wildman–Crippen LogP) is 6.55. The zero-order chi connectivity index (χ0) is 29.9. The molecule has 1 aromatic heterocycles. The highest BCUT2D eigenvalue weighted by molar-refractivity contribution is 6.34. The third-order valence-corrected chi connectivity index (χ3v) is 8.91. The summed E-state index contributed by atoms with van der Waals surface area (Å²) >= 11 is 6.85. The van der Waals surface area contributed by atoms with Crippen LogP contribution >= 0.6 is 11.6 Å². The van der Waals surface area contributed by atoms with Crippen LogP contribution in [0.5, 0.6) is 5.75 Å². The van der Waals surface area contributed by atoms with Crippen molar-refractivity contribution in [3.05, 3.63) is 106 Å². The third kappa shape index (κ3) is 5.79. The Morgan fingerprint density at radius 1 is 0.930 bits per heavy atom. The lowest BCUT2D eigenvalue weighted by molar-refractivity contribution is 0.0936. The van der Waals surface area contributed by atoms with Crippen molar-refractivity contribution in [2.24, 2.45) is 0 Å². The number of fused-ring (bicyclic) bond motifs is 2. The minimum atomic E-state index is -0.212. The molecule has 0 aliphatic carbocycles. The molecule has 7 nitrogen and oxygen atoms in total. The number of benzene rings is 3. The van der Waals surface area contributed by atoms with E-state index >= 15 is 0 Å². The average Bonchev–Trinajstić information content (AvgIpc) is 3.34. The van der Waals surface area contributed by atoms with E-state index in [1.165, 1.54) is 19.3 Å². The van der Waals surface area contributed by atoms with Gasteiger partial charge < -0.3 is 24.4 Å². The molecule has 1 N–H and O–H groups in total. The van der Waals surface area contributed by atoms with Gasteiger partial charge in [0.2, 0.25) is 0 Å². The molecule has 0 saturated carbocycles. The van der Waals surface area contributed by atoms with Crippen molar-refractivity contribution in [3.8, 4) is 16.9 Å². The highest BCUT2D eigenvalue weighted by atomic mass is 35.5. The summed E-state index contributed by atoms with van der Waals surface area (Å²) in [6, 6.07) is 23.3. The van der Waals surface area contributed by atoms with Crippen LogP contribution in [0.15, 0.2) is 72.8 Å². The number of aromatic nitrogens is 1. The average molecular weight is 597 g/mol. The fourth-order valence-corrected chi connectivity index (χ4v) is 6.79. The number of likely N-dealkylation sites (tertiary alicyclic amines) is 1. The summed E-state index contributed by atoms with van der Waals surface area (Å²) in [4.78, 5) is 31.9. The molecule has 6 rings (SSSR count). The van der Waals surface area contributed by atoms with Crippen LogP contribution in [0.3, 0.4) is 0 Å². The molecular weight excluding hydrogens is 560 g/mol. The molecule has 2 amide bonds. The Hall–Kier alpha value is -4.07. The first-order valence-corrected chi connectivity index (χ1v) is 15.3. The van der Waals surface area contributed by atoms with E-state index in [1.54, 1.807) is 18.1 Å². The topological polar surface area (TPSA) is 66.8 Å². The number of ether oxygens (including phenoxy) is 1. The number of amides is 2. The van der Waals surface area contributed by atoms with Crippen LogP contribution in [0.2, 0.25) is 5.02 Å². The normalized spacial score (nSPS) is 14.9. The number of halogens is 1. The zero-order valence-electron chi connectivity index (χ0n) is 24.7. The van der Waals surface area contributed by atoms with Gasteiger partial charge >= 0.3 is 0 Å². The Morgan fingerprint density at radius 2 is 1.67 bits per heavy atom. The Bertz CT molecular complexity index is 1640. The molecule has 0 bridgehead atoms. The second kappa shape index (κ2) is 12.7. The maximum absolute atomic E-state index is 14.4. The highest BCUT2D eigenvalue weighted by Gasteiger charge is 2.30. The van der Waals surface area contributed by atoms with Crippen LogP contribution in [0.4, 0.5) is 5.69 Å². The number of nitrogens with one attached hydrogen (secondary N) is 1. The van der Waals surface area contributed by atoms with Crippen LogP contribution in [0, 0.1) is 6.92 Å². The molecule has 8 heteroatoms. The van der Waals surface area contributed by atoms with E-state index in [2.05, 4.69) is 10.2 Å². The maximum atomic E-state index is 14.4. The summed E-state index contributed by atoms with van der Waals surface area (Å²) in [5, 5.41) is 3.61. The smallest absolute Gasteiger partial charge is 0.267 e. The first-order chi connectivity index (χ1) is 21.0. The van der Waals surface area contributed by atoms with Gasteiger partial charge in [-0.3, -0.25) is 9.59 Å². The van der Waals surface area contributed by atoms with Crippen LogP contribution in [0.25, 0.3) is 11.1 Å². The Labute approximate surface area is 258 Å². The number of nitrogens with zero attached hydrogens (tertiary/aromatic N) is 3. The third-order valence-electron chi connectivity index (χ3n) is 8.61. The predicted molar refractivity (Wildman–Crippen MR) is 171 cm³/mol. The highest BCUT2D eigenvalue weighted by Crippen LogP contribution is 2.40. The van der Waals surface area contributed by atoms with Gasteiger partial charge in [0.15, 0.2) is 0 Å². The van der Waals surface area contributed by atoms with Crippen molar-refractivity contribution >= 4 is 29.1 Å². The number of carbonyl (C=O) groups is 2. The molecule has 4 aromatic rings. The minimum Gasteiger partial charge on any atom is -0.496 e. The van der Waals surface area contributed by atoms with Crippen LogP contribution < -0.4 is 15.0 Å². The van der Waals surface area contributed by atoms with Crippen molar-refractivity contribution in [3.63, 3.8) is 0 Å². The van der Waals surface area contributed by atoms with E-state index < -0.39 is 0 Å². The molecule has 0 unspecified atom stereocenters. The maximum Gasteiger partial charge on any atom is 0.267 e. The quantitative estimate of drug-likeness (QED) is 0.263. The lowest BCUT2D eigenvalue weighted by Gasteiger charge is -2.26. The fraction of sp³-hybridized carbons (Fsp3) is 0.314. The van der Waals surface area contributed by atoms with Crippen LogP contribution in [-0.2, 0) is 13.1 Å². The minimum absolute atomic E-state index is 0.0962. The molecule has 0 atom stereocenters. The summed E-state index contributed by atoms with van der Waals surface area (Å²) < 4.78 is 7.87. The van der Waals surface area contributed by atoms with Crippen molar-refractivity contribution in [2.75, 3.05) is 38.2 Å². The van der Waals surface area contributed by atoms with E-state index in [1.807, 2.05) is 78.2 Å². The number of hydrogen-bond donors (Lipinski definition) is 1. The summed E-state index contributed by atoms with van der Waals surface area (Å²) in [7, 11) is 1.58. The molecule has 3 heterocycles. The lowest BCUT2D eigenvalue weighted by atomic mass is 9.96. The molecule has 0 spiro atoms. The van der Waals surface area contributed by atoms with Crippen LogP contribution in [0.1, 0.15) is 56.9 Å². The molecule has 0 radical (unpaired) electrons. The number of rotatable bonds is 7. The first-order valence-electron chi connectivity index (χ1n) is 15.0. The number of para-hydroxylation sites is 1. The molecule has 2 aliphatic rings.